The fourth-order valence-electron chi connectivity index (χ4n) is 3.22. The van der Waals surface area contributed by atoms with Gasteiger partial charge in [0, 0.05) is 24.8 Å². The van der Waals surface area contributed by atoms with Crippen LogP contribution in [0.5, 0.6) is 0 Å². The molecule has 1 aliphatic carbocycles. The van der Waals surface area contributed by atoms with Gasteiger partial charge in [0.05, 0.1) is 0 Å². The van der Waals surface area contributed by atoms with E-state index in [1.54, 1.807) is 30.5 Å². The zero-order chi connectivity index (χ0) is 18.9. The second kappa shape index (κ2) is 9.86. The summed E-state index contributed by atoms with van der Waals surface area (Å²) in [6.07, 6.45) is 10.5. The smallest absolute Gasteiger partial charge is 0.251 e. The second-order valence-corrected chi connectivity index (χ2v) is 6.85. The highest BCUT2D eigenvalue weighted by Gasteiger charge is 2.08. The number of nitrogens with one attached hydrogen (secondary N) is 2. The number of aromatic nitrogens is 1. The molecule has 1 aromatic heterocycles. The summed E-state index contributed by atoms with van der Waals surface area (Å²) in [6.45, 7) is 1.33. The molecule has 0 unspecified atom stereocenters. The van der Waals surface area contributed by atoms with Gasteiger partial charge in [-0.2, -0.15) is 0 Å². The van der Waals surface area contributed by atoms with E-state index in [9.17, 15) is 9.18 Å². The molecule has 1 aromatic carbocycles. The van der Waals surface area contributed by atoms with E-state index >= 15 is 0 Å². The highest BCUT2D eigenvalue weighted by molar-refractivity contribution is 5.94. The Labute approximate surface area is 159 Å². The molecule has 2 N–H and O–H groups in total. The van der Waals surface area contributed by atoms with Crippen LogP contribution in [0.2, 0.25) is 0 Å². The van der Waals surface area contributed by atoms with Gasteiger partial charge in [-0.05, 0) is 68.4 Å². The predicted octanol–water partition coefficient (Wildman–Crippen LogP) is 4.50. The van der Waals surface area contributed by atoms with Gasteiger partial charge in [-0.1, -0.05) is 23.8 Å². The van der Waals surface area contributed by atoms with Crippen molar-refractivity contribution in [3.8, 4) is 0 Å². The molecule has 0 spiro atoms. The summed E-state index contributed by atoms with van der Waals surface area (Å²) in [6, 6.07) is 9.95. The van der Waals surface area contributed by atoms with E-state index in [1.807, 2.05) is 0 Å². The van der Waals surface area contributed by atoms with Crippen LogP contribution in [0.1, 0.15) is 48.0 Å². The lowest BCUT2D eigenvalue weighted by molar-refractivity contribution is 0.0954. The highest BCUT2D eigenvalue weighted by atomic mass is 19.1. The van der Waals surface area contributed by atoms with Gasteiger partial charge < -0.3 is 10.6 Å². The highest BCUT2D eigenvalue weighted by Crippen LogP contribution is 2.19. The van der Waals surface area contributed by atoms with Gasteiger partial charge in [0.1, 0.15) is 11.6 Å². The van der Waals surface area contributed by atoms with Crippen molar-refractivity contribution >= 4 is 11.7 Å². The first-order valence-electron chi connectivity index (χ1n) is 9.61. The topological polar surface area (TPSA) is 54.0 Å². The molecular formula is C22H26FN3O. The van der Waals surface area contributed by atoms with Gasteiger partial charge in [0.2, 0.25) is 0 Å². The molecule has 0 radical (unpaired) electrons. The third kappa shape index (κ3) is 6.20. The Morgan fingerprint density at radius 1 is 1.07 bits per heavy atom. The van der Waals surface area contributed by atoms with E-state index in [1.165, 1.54) is 37.0 Å². The maximum absolute atomic E-state index is 12.9. The maximum atomic E-state index is 12.9. The minimum absolute atomic E-state index is 0.0737. The molecule has 0 fully saturated rings. The maximum Gasteiger partial charge on any atom is 0.251 e. The van der Waals surface area contributed by atoms with Crippen molar-refractivity contribution in [1.82, 2.24) is 10.3 Å². The number of amides is 1. The number of hydrogen-bond donors (Lipinski definition) is 2. The number of carbonyl (C=O) groups excluding carboxylic acids is 1. The molecule has 0 saturated carbocycles. The third-order valence-corrected chi connectivity index (χ3v) is 4.77. The summed E-state index contributed by atoms with van der Waals surface area (Å²) in [5.41, 5.74) is 3.11. The van der Waals surface area contributed by atoms with Crippen LogP contribution in [0.3, 0.4) is 0 Å². The van der Waals surface area contributed by atoms with E-state index in [2.05, 4.69) is 21.7 Å². The number of hydrogen-bond acceptors (Lipinski definition) is 3. The molecule has 142 valence electrons. The molecule has 1 heterocycles. The molecule has 0 bridgehead atoms. The molecule has 1 amide bonds. The Morgan fingerprint density at radius 2 is 1.93 bits per heavy atom. The lowest BCUT2D eigenvalue weighted by atomic mass is 9.97. The molecule has 1 aliphatic rings. The van der Waals surface area contributed by atoms with Gasteiger partial charge in [0.25, 0.3) is 5.91 Å². The van der Waals surface area contributed by atoms with Crippen molar-refractivity contribution in [2.75, 3.05) is 18.4 Å². The van der Waals surface area contributed by atoms with Crippen LogP contribution in [0.15, 0.2) is 54.2 Å². The Morgan fingerprint density at radius 3 is 2.70 bits per heavy atom. The van der Waals surface area contributed by atoms with E-state index in [0.717, 1.165) is 24.8 Å². The van der Waals surface area contributed by atoms with Crippen molar-refractivity contribution in [1.29, 1.82) is 0 Å². The monoisotopic (exact) mass is 367 g/mol. The zero-order valence-electron chi connectivity index (χ0n) is 15.5. The van der Waals surface area contributed by atoms with E-state index in [4.69, 9.17) is 0 Å². The molecule has 0 saturated heterocycles. The number of carbonyl (C=O) groups is 1. The number of benzene rings is 1. The lowest BCUT2D eigenvalue weighted by Crippen LogP contribution is -2.25. The number of halogens is 1. The van der Waals surface area contributed by atoms with Crippen LogP contribution in [0.4, 0.5) is 10.2 Å². The average Bonchev–Trinajstić information content (AvgIpc) is 2.70. The zero-order valence-corrected chi connectivity index (χ0v) is 15.5. The van der Waals surface area contributed by atoms with E-state index in [-0.39, 0.29) is 11.7 Å². The minimum Gasteiger partial charge on any atom is -0.370 e. The van der Waals surface area contributed by atoms with Crippen LogP contribution in [-0.2, 0) is 6.42 Å². The first-order chi connectivity index (χ1) is 13.2. The summed E-state index contributed by atoms with van der Waals surface area (Å²) >= 11 is 0. The van der Waals surface area contributed by atoms with Gasteiger partial charge in [0.15, 0.2) is 0 Å². The predicted molar refractivity (Wildman–Crippen MR) is 106 cm³/mol. The summed E-state index contributed by atoms with van der Waals surface area (Å²) in [4.78, 5) is 16.6. The van der Waals surface area contributed by atoms with Crippen molar-refractivity contribution in [2.45, 2.75) is 38.5 Å². The normalized spacial score (nSPS) is 13.7. The Balaban J connectivity index is 1.45. The van der Waals surface area contributed by atoms with Crippen molar-refractivity contribution < 1.29 is 9.18 Å². The van der Waals surface area contributed by atoms with Gasteiger partial charge >= 0.3 is 0 Å². The number of pyridine rings is 1. The molecule has 0 atom stereocenters. The standard InChI is InChI=1S/C22H26FN3O/c23-20-8-6-18(7-9-20)10-13-24-21-16-19(12-15-25-21)22(27)26-14-11-17-4-2-1-3-5-17/h4,6-9,12,15-16H,1-3,5,10-11,13-14H2,(H,24,25)(H,26,27). The SMILES string of the molecule is O=C(NCCC1=CCCCC1)c1ccnc(NCCc2ccc(F)cc2)c1. The minimum atomic E-state index is -0.230. The molecule has 27 heavy (non-hydrogen) atoms. The number of anilines is 1. The first kappa shape index (κ1) is 19.1. The summed E-state index contributed by atoms with van der Waals surface area (Å²) in [7, 11) is 0. The molecule has 2 aromatic rings. The lowest BCUT2D eigenvalue weighted by Gasteiger charge is -2.13. The number of nitrogens with zero attached hydrogens (tertiary/aromatic N) is 1. The molecule has 5 heteroatoms. The Kier molecular flexibility index (Phi) is 6.97. The quantitative estimate of drug-likeness (QED) is 0.676. The van der Waals surface area contributed by atoms with E-state index < -0.39 is 0 Å². The number of rotatable bonds is 8. The van der Waals surface area contributed by atoms with Crippen molar-refractivity contribution in [3.05, 3.63) is 71.2 Å². The summed E-state index contributed by atoms with van der Waals surface area (Å²) in [5.74, 6) is 0.363. The van der Waals surface area contributed by atoms with Gasteiger partial charge in [-0.15, -0.1) is 0 Å². The largest absolute Gasteiger partial charge is 0.370 e. The first-order valence-corrected chi connectivity index (χ1v) is 9.61. The van der Waals surface area contributed by atoms with Crippen molar-refractivity contribution in [2.24, 2.45) is 0 Å². The van der Waals surface area contributed by atoms with Crippen LogP contribution in [0.25, 0.3) is 0 Å². The summed E-state index contributed by atoms with van der Waals surface area (Å²) in [5, 5.41) is 6.21. The van der Waals surface area contributed by atoms with Crippen molar-refractivity contribution in [3.63, 3.8) is 0 Å². The number of allylic oxidation sites excluding steroid dienone is 1. The Bertz CT molecular complexity index is 786. The molecule has 0 aliphatic heterocycles. The fourth-order valence-corrected chi connectivity index (χ4v) is 3.22. The fraction of sp³-hybridized carbons (Fsp3) is 0.364. The van der Waals surface area contributed by atoms with Crippen LogP contribution in [0, 0.1) is 5.82 Å². The van der Waals surface area contributed by atoms with Crippen LogP contribution >= 0.6 is 0 Å². The van der Waals surface area contributed by atoms with Gasteiger partial charge in [-0.25, -0.2) is 9.37 Å². The average molecular weight is 367 g/mol. The van der Waals surface area contributed by atoms with Crippen LogP contribution in [-0.4, -0.2) is 24.0 Å². The van der Waals surface area contributed by atoms with Crippen LogP contribution < -0.4 is 10.6 Å². The molecule has 3 rings (SSSR count). The molecular weight excluding hydrogens is 341 g/mol. The second-order valence-electron chi connectivity index (χ2n) is 6.85. The van der Waals surface area contributed by atoms with E-state index in [0.29, 0.717) is 24.5 Å². The molecule has 4 nitrogen and oxygen atoms in total. The third-order valence-electron chi connectivity index (χ3n) is 4.77. The van der Waals surface area contributed by atoms with Gasteiger partial charge in [-0.3, -0.25) is 4.79 Å². The Hall–Kier alpha value is -2.69. The summed E-state index contributed by atoms with van der Waals surface area (Å²) < 4.78 is 12.9.